The van der Waals surface area contributed by atoms with Crippen LogP contribution in [0.15, 0.2) is 96.6 Å². The lowest BCUT2D eigenvalue weighted by Crippen LogP contribution is -2.59. The van der Waals surface area contributed by atoms with Gasteiger partial charge in [0.15, 0.2) is 5.96 Å². The number of aromatic amines is 1. The second-order valence-electron chi connectivity index (χ2n) is 18.4. The van der Waals surface area contributed by atoms with E-state index in [4.69, 9.17) is 16.2 Å². The van der Waals surface area contributed by atoms with Gasteiger partial charge in [0.2, 0.25) is 29.5 Å². The number of aliphatic imine (C=N–C) groups is 1. The summed E-state index contributed by atoms with van der Waals surface area (Å²) in [5, 5.41) is 36.2. The van der Waals surface area contributed by atoms with E-state index in [2.05, 4.69) is 51.8 Å². The number of rotatable bonds is 29. The number of phenols is 1. The number of carboxylic acids is 1. The van der Waals surface area contributed by atoms with Gasteiger partial charge in [0.1, 0.15) is 48.6 Å². The first-order chi connectivity index (χ1) is 36.5. The number of nitrogens with zero attached hydrogens (tertiary/aromatic N) is 4. The van der Waals surface area contributed by atoms with Gasteiger partial charge in [0.25, 0.3) is 5.91 Å². The Hall–Kier alpha value is -8.57. The van der Waals surface area contributed by atoms with Gasteiger partial charge in [0, 0.05) is 56.8 Å². The number of likely N-dealkylation sites (tertiary alicyclic amines) is 1. The molecule has 3 heterocycles. The number of guanidine groups is 1. The molecule has 76 heavy (non-hydrogen) atoms. The molecule has 4 aromatic rings. The summed E-state index contributed by atoms with van der Waals surface area (Å²) in [6.07, 6.45) is 6.70. The molecule has 0 radical (unpaired) electrons. The molecule has 7 amide bonds. The number of hydrogen-bond donors (Lipinski definition) is 11. The third-order valence-electron chi connectivity index (χ3n) is 12.7. The molecule has 2 aromatic carbocycles. The van der Waals surface area contributed by atoms with E-state index in [0.717, 1.165) is 5.56 Å². The standard InChI is InChI=1S/C52H69N13O11/c1-3-32(2)43(50(73)74)64-48(71)42-17-11-25-65(42)49(72)41(27-36-29-56-31-59-36)62-46(69)39(60-47(70)40(26-33-18-20-37(66)21-19-33)61-44(67)35-14-9-22-55-28-35)15-7-8-23-57-45(68)38(16-10-24-58-51(53)54)63-52(75)76-30-34-12-5-4-6-13-34/h4-6,9,12-14,18-22,28-29,31-32,38-43,66H,3,7-8,10-11,15-17,23-27,30H2,1-2H3,(H,56,59)(H,57,68)(H,60,70)(H,61,67)(H,62,69)(H,63,75)(H,64,71)(H,73,74)(H4,53,54,58)/t32?,38-,39-,40-,41-,42-,43-/m0/s1. The van der Waals surface area contributed by atoms with Crippen LogP contribution in [0.2, 0.25) is 0 Å². The number of unbranched alkanes of at least 4 members (excludes halogenated alkanes) is 1. The van der Waals surface area contributed by atoms with Crippen molar-refractivity contribution >= 4 is 53.5 Å². The van der Waals surface area contributed by atoms with Gasteiger partial charge in [-0.15, -0.1) is 0 Å². The van der Waals surface area contributed by atoms with E-state index in [0.29, 0.717) is 30.5 Å². The second kappa shape index (κ2) is 30.0. The zero-order chi connectivity index (χ0) is 55.0. The van der Waals surface area contributed by atoms with Gasteiger partial charge < -0.3 is 68.2 Å². The lowest BCUT2D eigenvalue weighted by atomic mass is 9.98. The molecule has 0 bridgehead atoms. The summed E-state index contributed by atoms with van der Waals surface area (Å²) in [5.74, 6) is -5.78. The predicted molar refractivity (Wildman–Crippen MR) is 278 cm³/mol. The van der Waals surface area contributed by atoms with Crippen molar-refractivity contribution in [2.75, 3.05) is 19.6 Å². The molecule has 1 aliphatic rings. The van der Waals surface area contributed by atoms with Gasteiger partial charge in [0.05, 0.1) is 11.9 Å². The number of carbonyl (C=O) groups is 8. The fourth-order valence-electron chi connectivity index (χ4n) is 8.37. The topological polar surface area (TPSA) is 368 Å². The second-order valence-corrected chi connectivity index (χ2v) is 18.4. The Labute approximate surface area is 440 Å². The van der Waals surface area contributed by atoms with Crippen molar-refractivity contribution in [1.29, 1.82) is 0 Å². The fourth-order valence-corrected chi connectivity index (χ4v) is 8.37. The molecule has 13 N–H and O–H groups in total. The Kier molecular flexibility index (Phi) is 23.0. The summed E-state index contributed by atoms with van der Waals surface area (Å²) in [5.41, 5.74) is 12.9. The number of aliphatic carboxylic acids is 1. The zero-order valence-electron chi connectivity index (χ0n) is 42.6. The number of pyridine rings is 1. The number of alkyl carbamates (subject to hydrolysis) is 1. The molecule has 1 fully saturated rings. The van der Waals surface area contributed by atoms with Crippen molar-refractivity contribution in [2.45, 2.75) is 121 Å². The number of imidazole rings is 1. The van der Waals surface area contributed by atoms with Gasteiger partial charge in [-0.2, -0.15) is 0 Å². The SMILES string of the molecule is CCC(C)[C@H](NC(=O)[C@@H]1CCCN1C(=O)[C@H](Cc1cnc[nH]1)NC(=O)[C@H](CCCCNC(=O)[C@H](CCCN=C(N)N)NC(=O)OCc1ccccc1)NC(=O)[C@H](Cc1ccc(O)cc1)NC(=O)c1cccnc1)C(=O)O. The fraction of sp³-hybridized carbons (Fsp3) is 0.442. The molecule has 408 valence electrons. The minimum atomic E-state index is -1.35. The number of aromatic hydroxyl groups is 1. The lowest BCUT2D eigenvalue weighted by Gasteiger charge is -2.31. The molecule has 1 unspecified atom stereocenters. The molecule has 24 heteroatoms. The highest BCUT2D eigenvalue weighted by Gasteiger charge is 2.40. The highest BCUT2D eigenvalue weighted by Crippen LogP contribution is 2.21. The smallest absolute Gasteiger partial charge is 0.408 e. The van der Waals surface area contributed by atoms with Crippen LogP contribution in [-0.4, -0.2) is 139 Å². The van der Waals surface area contributed by atoms with E-state index in [1.807, 2.05) is 6.07 Å². The highest BCUT2D eigenvalue weighted by atomic mass is 16.5. The number of amides is 7. The van der Waals surface area contributed by atoms with Crippen LogP contribution in [0.4, 0.5) is 4.79 Å². The maximum absolute atomic E-state index is 14.7. The summed E-state index contributed by atoms with van der Waals surface area (Å²) in [4.78, 5) is 126. The monoisotopic (exact) mass is 1050 g/mol. The minimum absolute atomic E-state index is 0.0244. The molecule has 24 nitrogen and oxygen atoms in total. The summed E-state index contributed by atoms with van der Waals surface area (Å²) < 4.78 is 5.35. The summed E-state index contributed by atoms with van der Waals surface area (Å²) in [6, 6.07) is 10.8. The molecular weight excluding hydrogens is 983 g/mol. The van der Waals surface area contributed by atoms with Crippen molar-refractivity contribution < 1.29 is 53.3 Å². The lowest BCUT2D eigenvalue weighted by molar-refractivity contribution is -0.146. The number of H-pyrrole nitrogens is 1. The van der Waals surface area contributed by atoms with Crippen LogP contribution in [0.3, 0.4) is 0 Å². The molecular formula is C52H69N13O11. The van der Waals surface area contributed by atoms with E-state index in [-0.39, 0.29) is 88.5 Å². The predicted octanol–water partition coefficient (Wildman–Crippen LogP) is 1.31. The molecule has 1 saturated heterocycles. The van der Waals surface area contributed by atoms with Gasteiger partial charge in [-0.3, -0.25) is 38.7 Å². The third kappa shape index (κ3) is 18.7. The zero-order valence-corrected chi connectivity index (χ0v) is 42.6. The van der Waals surface area contributed by atoms with Gasteiger partial charge >= 0.3 is 12.1 Å². The number of nitrogens with two attached hydrogens (primary N) is 2. The highest BCUT2D eigenvalue weighted by molar-refractivity contribution is 5.99. The molecule has 0 spiro atoms. The first-order valence-electron chi connectivity index (χ1n) is 25.2. The number of nitrogens with one attached hydrogen (secondary N) is 7. The number of aromatic nitrogens is 3. The molecule has 1 aliphatic heterocycles. The molecule has 0 aliphatic carbocycles. The Morgan fingerprint density at radius 2 is 1.50 bits per heavy atom. The van der Waals surface area contributed by atoms with Gasteiger partial charge in [-0.25, -0.2) is 14.6 Å². The van der Waals surface area contributed by atoms with Crippen LogP contribution in [0.25, 0.3) is 0 Å². The van der Waals surface area contributed by atoms with Crippen LogP contribution in [-0.2, 0) is 53.0 Å². The number of carboxylic acid groups (broad SMARTS) is 1. The van der Waals surface area contributed by atoms with Crippen molar-refractivity contribution in [3.63, 3.8) is 0 Å². The van der Waals surface area contributed by atoms with E-state index in [9.17, 15) is 48.6 Å². The van der Waals surface area contributed by atoms with E-state index in [1.54, 1.807) is 56.3 Å². The maximum atomic E-state index is 14.7. The van der Waals surface area contributed by atoms with Crippen LogP contribution in [0, 0.1) is 5.92 Å². The molecule has 5 rings (SSSR count). The Bertz CT molecular complexity index is 2570. The van der Waals surface area contributed by atoms with Crippen LogP contribution < -0.4 is 43.4 Å². The number of carbonyl (C=O) groups excluding carboxylic acids is 7. The Balaban J connectivity index is 1.36. The van der Waals surface area contributed by atoms with Crippen molar-refractivity contribution in [2.24, 2.45) is 22.4 Å². The van der Waals surface area contributed by atoms with E-state index >= 15 is 0 Å². The average molecular weight is 1050 g/mol. The first kappa shape index (κ1) is 58.3. The van der Waals surface area contributed by atoms with Gasteiger partial charge in [-0.05, 0) is 86.3 Å². The van der Waals surface area contributed by atoms with Crippen LogP contribution in [0.1, 0.15) is 92.4 Å². The summed E-state index contributed by atoms with van der Waals surface area (Å²) >= 11 is 0. The van der Waals surface area contributed by atoms with Crippen molar-refractivity contribution in [1.82, 2.24) is 51.8 Å². The number of benzene rings is 2. The average Bonchev–Trinajstić information content (AvgIpc) is 4.13. The summed E-state index contributed by atoms with van der Waals surface area (Å²) in [6.45, 7) is 3.86. The third-order valence-corrected chi connectivity index (χ3v) is 12.7. The number of phenolic OH excluding ortho intramolecular Hbond substituents is 1. The molecule has 7 atom stereocenters. The molecule has 0 saturated carbocycles. The van der Waals surface area contributed by atoms with Crippen LogP contribution >= 0.6 is 0 Å². The maximum Gasteiger partial charge on any atom is 0.408 e. The largest absolute Gasteiger partial charge is 0.508 e. The minimum Gasteiger partial charge on any atom is -0.508 e. The number of hydrogen-bond acceptors (Lipinski definition) is 13. The Morgan fingerprint density at radius 3 is 2.17 bits per heavy atom. The summed E-state index contributed by atoms with van der Waals surface area (Å²) in [7, 11) is 0. The van der Waals surface area contributed by atoms with E-state index < -0.39 is 89.7 Å². The van der Waals surface area contributed by atoms with Crippen molar-refractivity contribution in [3.05, 3.63) is 114 Å². The number of ether oxygens (including phenoxy) is 1. The Morgan fingerprint density at radius 1 is 0.789 bits per heavy atom. The van der Waals surface area contributed by atoms with Crippen molar-refractivity contribution in [3.8, 4) is 5.75 Å². The molecule has 2 aromatic heterocycles. The van der Waals surface area contributed by atoms with Crippen LogP contribution in [0.5, 0.6) is 5.75 Å². The van der Waals surface area contributed by atoms with Gasteiger partial charge in [-0.1, -0.05) is 62.7 Å². The first-order valence-corrected chi connectivity index (χ1v) is 25.2. The quantitative estimate of drug-likeness (QED) is 0.0207. The van der Waals surface area contributed by atoms with E-state index in [1.165, 1.54) is 48.0 Å². The normalized spacial score (nSPS) is 15.3.